The molecule has 0 radical (unpaired) electrons. The molecule has 0 aliphatic heterocycles. The number of aryl methyl sites for hydroxylation is 1. The fraction of sp³-hybridized carbons (Fsp3) is 0.300. The lowest BCUT2D eigenvalue weighted by atomic mass is 10.1. The van der Waals surface area contributed by atoms with Gasteiger partial charge in [-0.05, 0) is 68.7 Å². The first kappa shape index (κ1) is 21.5. The van der Waals surface area contributed by atoms with E-state index in [2.05, 4.69) is 26.0 Å². The van der Waals surface area contributed by atoms with Crippen molar-refractivity contribution in [3.63, 3.8) is 0 Å². The van der Waals surface area contributed by atoms with Crippen molar-refractivity contribution in [2.45, 2.75) is 43.7 Å². The zero-order valence-corrected chi connectivity index (χ0v) is 18.3. The molecular weight excluding hydrogens is 460 g/mol. The summed E-state index contributed by atoms with van der Waals surface area (Å²) in [6.07, 6.45) is 0.561. The second kappa shape index (κ2) is 8.64. The highest BCUT2D eigenvalue weighted by Crippen LogP contribution is 2.24. The number of benzene rings is 2. The van der Waals surface area contributed by atoms with Crippen molar-refractivity contribution >= 4 is 43.5 Å². The molecule has 1 saturated carbocycles. The maximum Gasteiger partial charge on any atom is 0.339 e. The van der Waals surface area contributed by atoms with E-state index in [1.807, 2.05) is 0 Å². The van der Waals surface area contributed by atoms with Gasteiger partial charge in [-0.25, -0.2) is 17.9 Å². The minimum absolute atomic E-state index is 0.00563. The summed E-state index contributed by atoms with van der Waals surface area (Å²) in [5.74, 6) is -1.25. The average molecular weight is 481 g/mol. The first-order valence-corrected chi connectivity index (χ1v) is 11.3. The summed E-state index contributed by atoms with van der Waals surface area (Å²) in [6, 6.07) is 11.2. The molecule has 1 amide bonds. The van der Waals surface area contributed by atoms with Crippen LogP contribution in [0.4, 0.5) is 5.69 Å². The SMILES string of the molecule is Cc1ccc(S(=O)(=O)NC2CC2)cc1C(=O)OC(C)C(=O)Nc1ccc(Br)cc1. The number of carbonyl (C=O) groups excluding carboxylic acids is 2. The van der Waals surface area contributed by atoms with Gasteiger partial charge in [0.05, 0.1) is 10.5 Å². The third-order valence-electron chi connectivity index (χ3n) is 4.40. The standard InChI is InChI=1S/C20H21BrN2O5S/c1-12-3-10-17(29(26,27)23-16-8-9-16)11-18(12)20(25)28-13(2)19(24)22-15-6-4-14(21)5-7-15/h3-7,10-11,13,16,23H,8-9H2,1-2H3,(H,22,24). The van der Waals surface area contributed by atoms with Gasteiger partial charge in [-0.15, -0.1) is 0 Å². The molecule has 0 aromatic heterocycles. The number of amides is 1. The molecule has 1 fully saturated rings. The number of nitrogens with one attached hydrogen (secondary N) is 2. The van der Waals surface area contributed by atoms with Gasteiger partial charge in [0.15, 0.2) is 6.10 Å². The van der Waals surface area contributed by atoms with Crippen LogP contribution in [0.25, 0.3) is 0 Å². The molecule has 1 atom stereocenters. The van der Waals surface area contributed by atoms with Gasteiger partial charge in [0.1, 0.15) is 0 Å². The van der Waals surface area contributed by atoms with Crippen LogP contribution in [0.2, 0.25) is 0 Å². The van der Waals surface area contributed by atoms with Crippen molar-refractivity contribution < 1.29 is 22.7 Å². The maximum atomic E-state index is 12.6. The molecule has 0 spiro atoms. The first-order chi connectivity index (χ1) is 13.7. The van der Waals surface area contributed by atoms with Crippen molar-refractivity contribution in [1.82, 2.24) is 4.72 Å². The second-order valence-electron chi connectivity index (χ2n) is 6.92. The smallest absolute Gasteiger partial charge is 0.339 e. The summed E-state index contributed by atoms with van der Waals surface area (Å²) in [5.41, 5.74) is 1.23. The Morgan fingerprint density at radius 3 is 2.41 bits per heavy atom. The Morgan fingerprint density at radius 2 is 1.79 bits per heavy atom. The van der Waals surface area contributed by atoms with Crippen LogP contribution in [-0.4, -0.2) is 32.4 Å². The van der Waals surface area contributed by atoms with Crippen molar-refractivity contribution in [1.29, 1.82) is 0 Å². The molecule has 3 rings (SSSR count). The molecule has 7 nitrogen and oxygen atoms in total. The zero-order chi connectivity index (χ0) is 21.2. The highest BCUT2D eigenvalue weighted by Gasteiger charge is 2.29. The van der Waals surface area contributed by atoms with E-state index in [9.17, 15) is 18.0 Å². The maximum absolute atomic E-state index is 12.6. The monoisotopic (exact) mass is 480 g/mol. The highest BCUT2D eigenvalue weighted by molar-refractivity contribution is 9.10. The number of halogens is 1. The normalized spacial score (nSPS) is 14.9. The lowest BCUT2D eigenvalue weighted by Crippen LogP contribution is -2.30. The van der Waals surface area contributed by atoms with E-state index in [0.29, 0.717) is 11.3 Å². The molecule has 2 aromatic carbocycles. The molecule has 1 aliphatic rings. The van der Waals surface area contributed by atoms with Crippen LogP contribution in [0.1, 0.15) is 35.7 Å². The average Bonchev–Trinajstić information content (AvgIpc) is 3.46. The minimum atomic E-state index is -3.70. The van der Waals surface area contributed by atoms with Gasteiger partial charge in [-0.2, -0.15) is 0 Å². The van der Waals surface area contributed by atoms with Gasteiger partial charge in [-0.3, -0.25) is 4.79 Å². The van der Waals surface area contributed by atoms with E-state index < -0.39 is 28.0 Å². The molecule has 29 heavy (non-hydrogen) atoms. The number of ether oxygens (including phenoxy) is 1. The Hall–Kier alpha value is -2.23. The number of sulfonamides is 1. The lowest BCUT2D eigenvalue weighted by molar-refractivity contribution is -0.123. The fourth-order valence-electron chi connectivity index (χ4n) is 2.53. The Bertz CT molecular complexity index is 1030. The summed E-state index contributed by atoms with van der Waals surface area (Å²) in [7, 11) is -3.70. The highest BCUT2D eigenvalue weighted by atomic mass is 79.9. The van der Waals surface area contributed by atoms with Crippen LogP contribution in [-0.2, 0) is 19.6 Å². The third kappa shape index (κ3) is 5.65. The molecule has 9 heteroatoms. The molecule has 1 unspecified atom stereocenters. The van der Waals surface area contributed by atoms with Crippen LogP contribution in [0.3, 0.4) is 0 Å². The summed E-state index contributed by atoms with van der Waals surface area (Å²) in [6.45, 7) is 3.13. The van der Waals surface area contributed by atoms with E-state index >= 15 is 0 Å². The van der Waals surface area contributed by atoms with Crippen molar-refractivity contribution in [3.8, 4) is 0 Å². The van der Waals surface area contributed by atoms with Gasteiger partial charge < -0.3 is 10.1 Å². The van der Waals surface area contributed by atoms with Crippen molar-refractivity contribution in [2.24, 2.45) is 0 Å². The zero-order valence-electron chi connectivity index (χ0n) is 15.9. The predicted octanol–water partition coefficient (Wildman–Crippen LogP) is 3.38. The van der Waals surface area contributed by atoms with E-state index in [4.69, 9.17) is 4.74 Å². The summed E-state index contributed by atoms with van der Waals surface area (Å²) >= 11 is 3.31. The van der Waals surface area contributed by atoms with Crippen LogP contribution in [0.15, 0.2) is 51.8 Å². The molecule has 0 heterocycles. The topological polar surface area (TPSA) is 102 Å². The summed E-state index contributed by atoms with van der Waals surface area (Å²) in [4.78, 5) is 24.9. The lowest BCUT2D eigenvalue weighted by Gasteiger charge is -2.15. The van der Waals surface area contributed by atoms with Gasteiger partial charge in [0, 0.05) is 16.2 Å². The molecule has 0 saturated heterocycles. The van der Waals surface area contributed by atoms with Gasteiger partial charge in [0.2, 0.25) is 10.0 Å². The molecule has 1 aliphatic carbocycles. The van der Waals surface area contributed by atoms with Crippen molar-refractivity contribution in [2.75, 3.05) is 5.32 Å². The minimum Gasteiger partial charge on any atom is -0.449 e. The first-order valence-electron chi connectivity index (χ1n) is 9.06. The quantitative estimate of drug-likeness (QED) is 0.591. The number of rotatable bonds is 7. The molecular formula is C20H21BrN2O5S. The van der Waals surface area contributed by atoms with Crippen LogP contribution < -0.4 is 10.0 Å². The molecule has 154 valence electrons. The summed E-state index contributed by atoms with van der Waals surface area (Å²) in [5, 5.41) is 2.66. The van der Waals surface area contributed by atoms with E-state index in [1.165, 1.54) is 19.1 Å². The predicted molar refractivity (Wildman–Crippen MR) is 112 cm³/mol. The van der Waals surface area contributed by atoms with E-state index in [1.54, 1.807) is 37.3 Å². The second-order valence-corrected chi connectivity index (χ2v) is 9.55. The molecule has 0 bridgehead atoms. The molecule has 2 aromatic rings. The number of anilines is 1. The number of carbonyl (C=O) groups is 2. The van der Waals surface area contributed by atoms with E-state index in [0.717, 1.165) is 17.3 Å². The number of esters is 1. The van der Waals surface area contributed by atoms with Gasteiger partial charge in [-0.1, -0.05) is 22.0 Å². The molecule has 2 N–H and O–H groups in total. The Labute approximate surface area is 178 Å². The Balaban J connectivity index is 1.69. The van der Waals surface area contributed by atoms with Gasteiger partial charge >= 0.3 is 5.97 Å². The fourth-order valence-corrected chi connectivity index (χ4v) is 4.13. The largest absolute Gasteiger partial charge is 0.449 e. The Kier molecular flexibility index (Phi) is 6.40. The Morgan fingerprint density at radius 1 is 1.14 bits per heavy atom. The van der Waals surface area contributed by atoms with E-state index in [-0.39, 0.29) is 16.5 Å². The van der Waals surface area contributed by atoms with Crippen molar-refractivity contribution in [3.05, 3.63) is 58.1 Å². The summed E-state index contributed by atoms with van der Waals surface area (Å²) < 4.78 is 33.5. The van der Waals surface area contributed by atoms with Crippen LogP contribution >= 0.6 is 15.9 Å². The number of hydrogen-bond acceptors (Lipinski definition) is 5. The van der Waals surface area contributed by atoms with Gasteiger partial charge in [0.25, 0.3) is 5.91 Å². The van der Waals surface area contributed by atoms with Crippen LogP contribution in [0, 0.1) is 6.92 Å². The number of hydrogen-bond donors (Lipinski definition) is 2. The third-order valence-corrected chi connectivity index (χ3v) is 6.45. The van der Waals surface area contributed by atoms with Crippen LogP contribution in [0.5, 0.6) is 0 Å².